The fourth-order valence-electron chi connectivity index (χ4n) is 4.77. The fraction of sp³-hybridized carbons (Fsp3) is 0.235. The predicted octanol–water partition coefficient (Wildman–Crippen LogP) is 5.72. The Balaban J connectivity index is 1.69. The van der Waals surface area contributed by atoms with Crippen LogP contribution in [-0.4, -0.2) is 55.4 Å². The average molecular weight is 669 g/mol. The van der Waals surface area contributed by atoms with Gasteiger partial charge in [-0.05, 0) is 46.5 Å². The number of halogens is 2. The minimum absolute atomic E-state index is 0.00635. The topological polar surface area (TPSA) is 96.0 Å². The number of carbonyl (C=O) groups is 2. The number of amides is 2. The van der Waals surface area contributed by atoms with Crippen LogP contribution in [0.3, 0.4) is 0 Å². The van der Waals surface area contributed by atoms with Gasteiger partial charge >= 0.3 is 0 Å². The van der Waals surface area contributed by atoms with Crippen molar-refractivity contribution in [1.82, 2.24) is 14.5 Å². The van der Waals surface area contributed by atoms with E-state index in [2.05, 4.69) is 5.32 Å². The summed E-state index contributed by atoms with van der Waals surface area (Å²) in [6, 6.07) is 29.6. The van der Waals surface area contributed by atoms with Gasteiger partial charge in [0.1, 0.15) is 11.8 Å². The highest BCUT2D eigenvalue weighted by atomic mass is 35.5. The molecular weight excluding hydrogens is 633 g/mol. The van der Waals surface area contributed by atoms with Crippen LogP contribution >= 0.6 is 23.2 Å². The number of ether oxygens (including phenoxy) is 1. The number of methoxy groups -OCH3 is 1. The molecule has 0 aliphatic carbocycles. The Morgan fingerprint density at radius 1 is 0.822 bits per heavy atom. The van der Waals surface area contributed by atoms with Gasteiger partial charge in [0.2, 0.25) is 21.8 Å². The lowest BCUT2D eigenvalue weighted by atomic mass is 10.0. The molecule has 4 rings (SSSR count). The van der Waals surface area contributed by atoms with Gasteiger partial charge in [0, 0.05) is 36.1 Å². The third-order valence-electron chi connectivity index (χ3n) is 7.23. The number of nitrogens with one attached hydrogen (secondary N) is 1. The van der Waals surface area contributed by atoms with Crippen molar-refractivity contribution in [2.24, 2.45) is 0 Å². The molecule has 8 nitrogen and oxygen atoms in total. The zero-order valence-corrected chi connectivity index (χ0v) is 27.4. The molecule has 0 radical (unpaired) electrons. The highest BCUT2D eigenvalue weighted by Crippen LogP contribution is 2.22. The van der Waals surface area contributed by atoms with Gasteiger partial charge in [-0.25, -0.2) is 8.42 Å². The van der Waals surface area contributed by atoms with E-state index >= 15 is 0 Å². The largest absolute Gasteiger partial charge is 0.497 e. The SMILES string of the molecule is COc1ccc(CN(C(=O)CN(Cc2ccccc2)S(C)(=O)=O)C(Cc2ccccc2)C(=O)NCc2ccc(Cl)cc2Cl)cc1. The second-order valence-corrected chi connectivity index (χ2v) is 13.4. The maximum atomic E-state index is 14.2. The Bertz CT molecular complexity index is 1690. The molecule has 45 heavy (non-hydrogen) atoms. The highest BCUT2D eigenvalue weighted by molar-refractivity contribution is 7.88. The summed E-state index contributed by atoms with van der Waals surface area (Å²) in [7, 11) is -2.23. The van der Waals surface area contributed by atoms with E-state index in [0.717, 1.165) is 27.3 Å². The zero-order chi connectivity index (χ0) is 32.4. The summed E-state index contributed by atoms with van der Waals surface area (Å²) in [6.07, 6.45) is 1.27. The van der Waals surface area contributed by atoms with Crippen LogP contribution in [0.1, 0.15) is 22.3 Å². The molecule has 0 aromatic heterocycles. The lowest BCUT2D eigenvalue weighted by Crippen LogP contribution is -2.53. The molecule has 1 unspecified atom stereocenters. The number of nitrogens with zero attached hydrogens (tertiary/aromatic N) is 2. The van der Waals surface area contributed by atoms with Gasteiger partial charge in [-0.15, -0.1) is 0 Å². The summed E-state index contributed by atoms with van der Waals surface area (Å²) in [5.74, 6) is -0.297. The van der Waals surface area contributed by atoms with Crippen LogP contribution in [-0.2, 0) is 45.7 Å². The fourth-order valence-corrected chi connectivity index (χ4v) is 5.97. The van der Waals surface area contributed by atoms with Crippen molar-refractivity contribution in [1.29, 1.82) is 0 Å². The Hall–Kier alpha value is -3.89. The number of hydrogen-bond donors (Lipinski definition) is 1. The van der Waals surface area contributed by atoms with E-state index in [1.807, 2.05) is 48.5 Å². The predicted molar refractivity (Wildman–Crippen MR) is 177 cm³/mol. The Morgan fingerprint density at radius 2 is 1.42 bits per heavy atom. The third kappa shape index (κ3) is 10.1. The minimum Gasteiger partial charge on any atom is -0.497 e. The van der Waals surface area contributed by atoms with E-state index in [9.17, 15) is 18.0 Å². The van der Waals surface area contributed by atoms with E-state index in [1.165, 1.54) is 4.90 Å². The standard InChI is InChI=1S/C34H35Cl2N3O5S/c1-44-30-17-13-27(14-18-30)23-39(33(40)24-38(45(2,42)43)22-26-11-7-4-8-12-26)32(19-25-9-5-3-6-10-25)34(41)37-21-28-15-16-29(35)20-31(28)36/h3-18,20,32H,19,21-24H2,1-2H3,(H,37,41). The first-order valence-electron chi connectivity index (χ1n) is 14.2. The van der Waals surface area contributed by atoms with Crippen molar-refractivity contribution in [3.05, 3.63) is 135 Å². The molecule has 0 bridgehead atoms. The quantitative estimate of drug-likeness (QED) is 0.186. The molecule has 1 atom stereocenters. The normalized spacial score (nSPS) is 12.0. The molecule has 0 fully saturated rings. The molecular formula is C34H35Cl2N3O5S. The minimum atomic E-state index is -3.79. The maximum absolute atomic E-state index is 14.2. The van der Waals surface area contributed by atoms with Gasteiger partial charge < -0.3 is 15.0 Å². The molecule has 236 valence electrons. The third-order valence-corrected chi connectivity index (χ3v) is 9.02. The lowest BCUT2D eigenvalue weighted by molar-refractivity contribution is -0.141. The second-order valence-electron chi connectivity index (χ2n) is 10.5. The van der Waals surface area contributed by atoms with E-state index in [4.69, 9.17) is 27.9 Å². The van der Waals surface area contributed by atoms with Crippen molar-refractivity contribution >= 4 is 45.0 Å². The molecule has 1 N–H and O–H groups in total. The summed E-state index contributed by atoms with van der Waals surface area (Å²) < 4.78 is 32.2. The van der Waals surface area contributed by atoms with Gasteiger partial charge in [0.25, 0.3) is 0 Å². The first kappa shape index (κ1) is 34.0. The average Bonchev–Trinajstić information content (AvgIpc) is 3.02. The molecule has 0 saturated carbocycles. The van der Waals surface area contributed by atoms with Crippen LogP contribution in [0.25, 0.3) is 0 Å². The zero-order valence-electron chi connectivity index (χ0n) is 25.0. The van der Waals surface area contributed by atoms with Gasteiger partial charge in [-0.3, -0.25) is 9.59 Å². The van der Waals surface area contributed by atoms with Crippen LogP contribution in [0.15, 0.2) is 103 Å². The van der Waals surface area contributed by atoms with E-state index in [1.54, 1.807) is 61.7 Å². The Morgan fingerprint density at radius 3 is 2.00 bits per heavy atom. The molecule has 0 aliphatic heterocycles. The number of benzene rings is 4. The molecule has 4 aromatic carbocycles. The summed E-state index contributed by atoms with van der Waals surface area (Å²) >= 11 is 12.4. The summed E-state index contributed by atoms with van der Waals surface area (Å²) in [6.45, 7) is -0.287. The van der Waals surface area contributed by atoms with Crippen molar-refractivity contribution in [2.75, 3.05) is 19.9 Å². The Kier molecular flexibility index (Phi) is 12.0. The van der Waals surface area contributed by atoms with Crippen molar-refractivity contribution in [2.45, 2.75) is 32.1 Å². The summed E-state index contributed by atoms with van der Waals surface area (Å²) in [5, 5.41) is 3.80. The Labute approximate surface area is 274 Å². The van der Waals surface area contributed by atoms with Crippen LogP contribution < -0.4 is 10.1 Å². The van der Waals surface area contributed by atoms with Crippen LogP contribution in [0.4, 0.5) is 0 Å². The molecule has 11 heteroatoms. The number of rotatable bonds is 14. The monoisotopic (exact) mass is 667 g/mol. The maximum Gasteiger partial charge on any atom is 0.243 e. The summed E-state index contributed by atoms with van der Waals surface area (Å²) in [4.78, 5) is 29.6. The molecule has 0 aliphatic rings. The van der Waals surface area contributed by atoms with Gasteiger partial charge in [0.05, 0.1) is 19.9 Å². The first-order valence-corrected chi connectivity index (χ1v) is 16.8. The smallest absolute Gasteiger partial charge is 0.243 e. The van der Waals surface area contributed by atoms with Crippen LogP contribution in [0, 0.1) is 0 Å². The molecule has 0 heterocycles. The molecule has 4 aromatic rings. The summed E-state index contributed by atoms with van der Waals surface area (Å²) in [5.41, 5.74) is 2.96. The van der Waals surface area contributed by atoms with E-state index < -0.39 is 34.4 Å². The molecule has 0 saturated heterocycles. The van der Waals surface area contributed by atoms with Gasteiger partial charge in [0.15, 0.2) is 0 Å². The van der Waals surface area contributed by atoms with Crippen LogP contribution in [0.5, 0.6) is 5.75 Å². The van der Waals surface area contributed by atoms with Crippen molar-refractivity contribution in [3.8, 4) is 5.75 Å². The molecule has 2 amide bonds. The number of sulfonamides is 1. The lowest BCUT2D eigenvalue weighted by Gasteiger charge is -2.33. The first-order chi connectivity index (χ1) is 21.5. The van der Waals surface area contributed by atoms with Crippen molar-refractivity contribution in [3.63, 3.8) is 0 Å². The van der Waals surface area contributed by atoms with Gasteiger partial charge in [-0.1, -0.05) is 102 Å². The number of carbonyl (C=O) groups excluding carboxylic acids is 2. The highest BCUT2D eigenvalue weighted by Gasteiger charge is 2.33. The van der Waals surface area contributed by atoms with E-state index in [-0.39, 0.29) is 26.1 Å². The van der Waals surface area contributed by atoms with Crippen molar-refractivity contribution < 1.29 is 22.7 Å². The van der Waals surface area contributed by atoms with E-state index in [0.29, 0.717) is 21.4 Å². The van der Waals surface area contributed by atoms with Crippen LogP contribution in [0.2, 0.25) is 10.0 Å². The number of hydrogen-bond acceptors (Lipinski definition) is 5. The molecule has 0 spiro atoms. The second kappa shape index (κ2) is 15.9. The van der Waals surface area contributed by atoms with Gasteiger partial charge in [-0.2, -0.15) is 4.31 Å².